The van der Waals surface area contributed by atoms with Crippen molar-refractivity contribution >= 4 is 52.0 Å². The molecule has 0 aromatic heterocycles. The second kappa shape index (κ2) is 12.6. The van der Waals surface area contributed by atoms with Gasteiger partial charge in [-0.2, -0.15) is 23.4 Å². The van der Waals surface area contributed by atoms with Gasteiger partial charge in [0.15, 0.2) is 0 Å². The summed E-state index contributed by atoms with van der Waals surface area (Å²) < 4.78 is 36.0. The summed E-state index contributed by atoms with van der Waals surface area (Å²) in [7, 11) is 0. The summed E-state index contributed by atoms with van der Waals surface area (Å²) in [6.07, 6.45) is -4.91. The van der Waals surface area contributed by atoms with Gasteiger partial charge in [-0.25, -0.2) is 4.79 Å². The number of alkyl halides is 3. The van der Waals surface area contributed by atoms with E-state index >= 15 is 0 Å². The van der Waals surface area contributed by atoms with E-state index in [1.165, 1.54) is 19.1 Å². The molecule has 0 atom stereocenters. The lowest BCUT2D eigenvalue weighted by Crippen LogP contribution is -2.29. The van der Waals surface area contributed by atoms with Crippen LogP contribution in [0.1, 0.15) is 13.8 Å². The van der Waals surface area contributed by atoms with E-state index in [0.717, 1.165) is 6.92 Å². The van der Waals surface area contributed by atoms with Crippen molar-refractivity contribution in [2.45, 2.75) is 20.0 Å². The zero-order valence-corrected chi connectivity index (χ0v) is 18.6. The summed E-state index contributed by atoms with van der Waals surface area (Å²) in [6.45, 7) is 2.21. The Labute approximate surface area is 196 Å². The number of hydrogen-bond acceptors (Lipinski definition) is 7. The molecule has 0 heterocycles. The molecule has 0 radical (unpaired) electrons. The number of aliphatic hydroxyl groups excluding tert-OH is 1. The van der Waals surface area contributed by atoms with Crippen LogP contribution in [0.15, 0.2) is 75.3 Å². The molecular weight excluding hydrogens is 488 g/mol. The number of carboxylic acids is 1. The number of carbonyl (C=O) groups is 2. The molecule has 0 amide bonds. The molecule has 2 aromatic rings. The highest BCUT2D eigenvalue weighted by atomic mass is 35.5. The van der Waals surface area contributed by atoms with Crippen LogP contribution in [0, 0.1) is 0 Å². The molecule has 0 spiro atoms. The van der Waals surface area contributed by atoms with Gasteiger partial charge in [-0.15, -0.1) is 5.11 Å². The highest BCUT2D eigenvalue weighted by molar-refractivity contribution is 6.41. The van der Waals surface area contributed by atoms with Crippen LogP contribution in [0.25, 0.3) is 0 Å². The number of hydrogen-bond donors (Lipinski definition) is 3. The number of carboxylic acid groups (broad SMARTS) is 1. The van der Waals surface area contributed by atoms with Crippen molar-refractivity contribution in [2.75, 3.05) is 5.43 Å². The van der Waals surface area contributed by atoms with Gasteiger partial charge in [0, 0.05) is 10.0 Å². The third-order valence-electron chi connectivity index (χ3n) is 3.42. The molecule has 0 aliphatic rings. The zero-order valence-electron chi connectivity index (χ0n) is 17.1. The van der Waals surface area contributed by atoms with Crippen LogP contribution in [0.4, 0.5) is 24.5 Å². The van der Waals surface area contributed by atoms with E-state index < -0.39 is 35.1 Å². The molecule has 2 rings (SSSR count). The summed E-state index contributed by atoms with van der Waals surface area (Å²) >= 11 is 11.3. The van der Waals surface area contributed by atoms with Gasteiger partial charge < -0.3 is 10.2 Å². The molecule has 33 heavy (non-hydrogen) atoms. The lowest BCUT2D eigenvalue weighted by atomic mass is 10.3. The molecule has 0 aliphatic heterocycles. The Bertz CT molecular complexity index is 1060. The molecule has 0 saturated carbocycles. The highest BCUT2D eigenvalue weighted by Crippen LogP contribution is 2.19. The van der Waals surface area contributed by atoms with E-state index in [2.05, 4.69) is 20.8 Å². The normalized spacial score (nSPS) is 12.5. The van der Waals surface area contributed by atoms with Crippen LogP contribution in [0.2, 0.25) is 10.0 Å². The first-order valence-corrected chi connectivity index (χ1v) is 9.54. The first kappa shape index (κ1) is 27.6. The van der Waals surface area contributed by atoms with Crippen LogP contribution >= 0.6 is 23.2 Å². The SMILES string of the molecule is C/C(=N/Nc1ccc(Cl)cc1)C(=O)C(F)(F)F.CC(O)=C(N=Nc1ccc(Cl)cc1)C(=O)O. The maximum Gasteiger partial charge on any atom is 0.456 e. The van der Waals surface area contributed by atoms with Gasteiger partial charge in [-0.05, 0) is 62.4 Å². The van der Waals surface area contributed by atoms with Gasteiger partial charge in [0.2, 0.25) is 5.70 Å². The standard InChI is InChI=1S/C10H8ClF3N2O.C10H9ClN2O3/c1-6(9(17)10(12,13)14)15-16-8-4-2-7(11)3-5-8;1-6(14)9(10(15)16)13-12-8-4-2-7(11)3-5-8/h2-5,16H,1H3;2-5,14H,1H3,(H,15,16)/b15-6-;. The quantitative estimate of drug-likeness (QED) is 0.135. The number of halogens is 5. The molecule has 8 nitrogen and oxygen atoms in total. The molecule has 0 saturated heterocycles. The Morgan fingerprint density at radius 1 is 0.909 bits per heavy atom. The number of anilines is 1. The highest BCUT2D eigenvalue weighted by Gasteiger charge is 2.40. The number of nitrogens with one attached hydrogen (secondary N) is 1. The topological polar surface area (TPSA) is 124 Å². The van der Waals surface area contributed by atoms with Crippen LogP contribution < -0.4 is 5.43 Å². The van der Waals surface area contributed by atoms with Gasteiger partial charge >= 0.3 is 12.1 Å². The minimum Gasteiger partial charge on any atom is -0.510 e. The number of rotatable bonds is 6. The maximum absolute atomic E-state index is 12.0. The third kappa shape index (κ3) is 10.1. The van der Waals surface area contributed by atoms with Crippen molar-refractivity contribution in [3.63, 3.8) is 0 Å². The van der Waals surface area contributed by atoms with Gasteiger partial charge in [0.25, 0.3) is 5.78 Å². The van der Waals surface area contributed by atoms with Crippen molar-refractivity contribution in [1.29, 1.82) is 0 Å². The third-order valence-corrected chi connectivity index (χ3v) is 3.92. The first-order valence-electron chi connectivity index (χ1n) is 8.79. The molecule has 2 aromatic carbocycles. The van der Waals surface area contributed by atoms with Crippen molar-refractivity contribution in [1.82, 2.24) is 0 Å². The van der Waals surface area contributed by atoms with Crippen molar-refractivity contribution in [2.24, 2.45) is 15.3 Å². The van der Waals surface area contributed by atoms with Crippen molar-refractivity contribution in [3.8, 4) is 0 Å². The number of ketones is 1. The van der Waals surface area contributed by atoms with E-state index in [4.69, 9.17) is 33.4 Å². The monoisotopic (exact) mass is 504 g/mol. The van der Waals surface area contributed by atoms with Crippen molar-refractivity contribution in [3.05, 3.63) is 70.0 Å². The van der Waals surface area contributed by atoms with E-state index in [1.54, 1.807) is 36.4 Å². The van der Waals surface area contributed by atoms with Gasteiger partial charge in [0.05, 0.1) is 11.4 Å². The fraction of sp³-hybridized carbons (Fsp3) is 0.150. The Morgan fingerprint density at radius 2 is 1.39 bits per heavy atom. The first-order chi connectivity index (χ1) is 15.3. The minimum atomic E-state index is -4.91. The number of allylic oxidation sites excluding steroid dienone is 1. The number of nitrogens with zero attached hydrogens (tertiary/aromatic N) is 3. The Morgan fingerprint density at radius 3 is 1.82 bits per heavy atom. The summed E-state index contributed by atoms with van der Waals surface area (Å²) in [5.41, 5.74) is 2.07. The van der Waals surface area contributed by atoms with Crippen LogP contribution in [0.3, 0.4) is 0 Å². The summed E-state index contributed by atoms with van der Waals surface area (Å²) in [5, 5.41) is 29.2. The predicted octanol–water partition coefficient (Wildman–Crippen LogP) is 6.56. The molecule has 13 heteroatoms. The van der Waals surface area contributed by atoms with E-state index in [-0.39, 0.29) is 0 Å². The number of aliphatic hydroxyl groups is 1. The molecule has 0 bridgehead atoms. The Hall–Kier alpha value is -3.44. The van der Waals surface area contributed by atoms with Gasteiger partial charge in [-0.1, -0.05) is 23.2 Å². The largest absolute Gasteiger partial charge is 0.510 e. The lowest BCUT2D eigenvalue weighted by Gasteiger charge is -2.05. The van der Waals surface area contributed by atoms with Crippen LogP contribution in [-0.2, 0) is 9.59 Å². The van der Waals surface area contributed by atoms with Gasteiger partial charge in [0.1, 0.15) is 11.5 Å². The number of hydrazone groups is 1. The number of carbonyl (C=O) groups excluding carboxylic acids is 1. The molecule has 0 fully saturated rings. The van der Waals surface area contributed by atoms with Crippen molar-refractivity contribution < 1.29 is 33.0 Å². The second-order valence-electron chi connectivity index (χ2n) is 6.06. The fourth-order valence-corrected chi connectivity index (χ4v) is 2.07. The molecular formula is C20H17Cl2F3N4O4. The number of azo groups is 1. The fourth-order valence-electron chi connectivity index (χ4n) is 1.81. The predicted molar refractivity (Wildman–Crippen MR) is 118 cm³/mol. The number of benzene rings is 2. The maximum atomic E-state index is 12.0. The molecule has 3 N–H and O–H groups in total. The summed E-state index contributed by atoms with van der Waals surface area (Å²) in [4.78, 5) is 21.3. The number of Topliss-reactive ketones (excluding diaryl/α,β-unsaturated/α-hetero) is 1. The van der Waals surface area contributed by atoms with Gasteiger partial charge in [-0.3, -0.25) is 10.2 Å². The van der Waals surface area contributed by atoms with E-state index in [0.29, 0.717) is 21.4 Å². The minimum absolute atomic E-state index is 0.398. The Balaban J connectivity index is 0.000000331. The smallest absolute Gasteiger partial charge is 0.456 e. The second-order valence-corrected chi connectivity index (χ2v) is 6.93. The average molecular weight is 505 g/mol. The summed E-state index contributed by atoms with van der Waals surface area (Å²) in [5.74, 6) is -3.71. The van der Waals surface area contributed by atoms with Crippen LogP contribution in [-0.4, -0.2) is 33.9 Å². The molecule has 176 valence electrons. The molecule has 0 unspecified atom stereocenters. The Kier molecular flexibility index (Phi) is 10.5. The zero-order chi connectivity index (χ0) is 25.2. The average Bonchev–Trinajstić information content (AvgIpc) is 2.73. The summed E-state index contributed by atoms with van der Waals surface area (Å²) in [6, 6.07) is 12.5. The van der Waals surface area contributed by atoms with E-state index in [9.17, 15) is 22.8 Å². The lowest BCUT2D eigenvalue weighted by molar-refractivity contribution is -0.163. The van der Waals surface area contributed by atoms with Crippen LogP contribution in [0.5, 0.6) is 0 Å². The number of aliphatic carboxylic acids is 1. The van der Waals surface area contributed by atoms with E-state index in [1.807, 2.05) is 0 Å². The molecule has 0 aliphatic carbocycles.